The van der Waals surface area contributed by atoms with Gasteiger partial charge in [-0.05, 0) is 36.4 Å². The van der Waals surface area contributed by atoms with Gasteiger partial charge >= 0.3 is 0 Å². The summed E-state index contributed by atoms with van der Waals surface area (Å²) in [6.45, 7) is 0.00567. The normalized spacial score (nSPS) is 13.9. The molecule has 0 bridgehead atoms. The van der Waals surface area contributed by atoms with Crippen LogP contribution in [0.3, 0.4) is 0 Å². The predicted molar refractivity (Wildman–Crippen MR) is 74.3 cm³/mol. The average molecular weight is 255 g/mol. The van der Waals surface area contributed by atoms with Crippen LogP contribution in [-0.4, -0.2) is 12.5 Å². The summed E-state index contributed by atoms with van der Waals surface area (Å²) in [4.78, 5) is 13.7. The van der Waals surface area contributed by atoms with Gasteiger partial charge in [-0.1, -0.05) is 6.07 Å². The summed E-state index contributed by atoms with van der Waals surface area (Å²) in [5.41, 5.74) is 14.1. The number of carbonyl (C=O) groups is 1. The lowest BCUT2D eigenvalue weighted by atomic mass is 10.1. The van der Waals surface area contributed by atoms with Crippen molar-refractivity contribution in [2.75, 3.05) is 23.0 Å². The van der Waals surface area contributed by atoms with Gasteiger partial charge in [-0.3, -0.25) is 9.69 Å². The summed E-state index contributed by atoms with van der Waals surface area (Å²) >= 11 is 0. The van der Waals surface area contributed by atoms with Gasteiger partial charge in [0.15, 0.2) is 6.61 Å². The zero-order valence-electron chi connectivity index (χ0n) is 10.2. The SMILES string of the molecule is Nc1cccc(N2C(=O)COc3ccc(N)cc32)c1. The zero-order valence-corrected chi connectivity index (χ0v) is 10.2. The van der Waals surface area contributed by atoms with Crippen molar-refractivity contribution >= 4 is 28.7 Å². The van der Waals surface area contributed by atoms with E-state index >= 15 is 0 Å². The van der Waals surface area contributed by atoms with E-state index in [4.69, 9.17) is 16.2 Å². The monoisotopic (exact) mass is 255 g/mol. The molecule has 0 unspecified atom stereocenters. The van der Waals surface area contributed by atoms with Crippen molar-refractivity contribution in [3.8, 4) is 5.75 Å². The maximum absolute atomic E-state index is 12.1. The molecule has 2 aromatic carbocycles. The van der Waals surface area contributed by atoms with Gasteiger partial charge in [0.1, 0.15) is 5.75 Å². The van der Waals surface area contributed by atoms with Gasteiger partial charge in [0.05, 0.1) is 11.4 Å². The number of rotatable bonds is 1. The quantitative estimate of drug-likeness (QED) is 0.762. The maximum Gasteiger partial charge on any atom is 0.269 e. The molecule has 0 radical (unpaired) electrons. The molecular formula is C14H13N3O2. The molecular weight excluding hydrogens is 242 g/mol. The minimum Gasteiger partial charge on any atom is -0.482 e. The lowest BCUT2D eigenvalue weighted by Crippen LogP contribution is -2.35. The van der Waals surface area contributed by atoms with Crippen LogP contribution < -0.4 is 21.1 Å². The fourth-order valence-corrected chi connectivity index (χ4v) is 2.12. The maximum atomic E-state index is 12.1. The number of amides is 1. The molecule has 0 saturated heterocycles. The molecule has 4 N–H and O–H groups in total. The Morgan fingerprint density at radius 3 is 2.63 bits per heavy atom. The Morgan fingerprint density at radius 2 is 1.84 bits per heavy atom. The molecule has 1 amide bonds. The number of hydrogen-bond donors (Lipinski definition) is 2. The summed E-state index contributed by atoms with van der Waals surface area (Å²) < 4.78 is 5.39. The second-order valence-corrected chi connectivity index (χ2v) is 4.34. The summed E-state index contributed by atoms with van der Waals surface area (Å²) in [6, 6.07) is 12.4. The summed E-state index contributed by atoms with van der Waals surface area (Å²) in [6.07, 6.45) is 0. The fourth-order valence-electron chi connectivity index (χ4n) is 2.12. The van der Waals surface area contributed by atoms with Gasteiger partial charge in [0, 0.05) is 11.4 Å². The largest absolute Gasteiger partial charge is 0.482 e. The molecule has 19 heavy (non-hydrogen) atoms. The molecule has 0 spiro atoms. The van der Waals surface area contributed by atoms with Gasteiger partial charge in [0.25, 0.3) is 5.91 Å². The van der Waals surface area contributed by atoms with Crippen LogP contribution in [-0.2, 0) is 4.79 Å². The first-order valence-electron chi connectivity index (χ1n) is 5.86. The third-order valence-electron chi connectivity index (χ3n) is 2.95. The van der Waals surface area contributed by atoms with Crippen LogP contribution in [0.15, 0.2) is 42.5 Å². The van der Waals surface area contributed by atoms with Gasteiger partial charge in [0.2, 0.25) is 0 Å². The van der Waals surface area contributed by atoms with Crippen LogP contribution in [0.4, 0.5) is 22.7 Å². The van der Waals surface area contributed by atoms with Gasteiger partial charge in [-0.15, -0.1) is 0 Å². The van der Waals surface area contributed by atoms with Crippen molar-refractivity contribution in [1.82, 2.24) is 0 Å². The molecule has 2 aromatic rings. The van der Waals surface area contributed by atoms with E-state index in [-0.39, 0.29) is 12.5 Å². The van der Waals surface area contributed by atoms with Crippen LogP contribution in [0.1, 0.15) is 0 Å². The third-order valence-corrected chi connectivity index (χ3v) is 2.95. The molecule has 0 aromatic heterocycles. The first-order valence-corrected chi connectivity index (χ1v) is 5.86. The Labute approximate surface area is 110 Å². The number of nitrogens with zero attached hydrogens (tertiary/aromatic N) is 1. The van der Waals surface area contributed by atoms with Crippen molar-refractivity contribution in [2.24, 2.45) is 0 Å². The summed E-state index contributed by atoms with van der Waals surface area (Å²) in [5.74, 6) is 0.486. The smallest absolute Gasteiger partial charge is 0.269 e. The number of anilines is 4. The van der Waals surface area contributed by atoms with Gasteiger partial charge < -0.3 is 16.2 Å². The number of ether oxygens (including phenoxy) is 1. The van der Waals surface area contributed by atoms with E-state index in [2.05, 4.69) is 0 Å². The van der Waals surface area contributed by atoms with Gasteiger partial charge in [-0.25, -0.2) is 0 Å². The van der Waals surface area contributed by atoms with E-state index in [0.717, 1.165) is 0 Å². The number of nitrogen functional groups attached to an aromatic ring is 2. The van der Waals surface area contributed by atoms with Crippen molar-refractivity contribution in [1.29, 1.82) is 0 Å². The van der Waals surface area contributed by atoms with Crippen LogP contribution in [0.2, 0.25) is 0 Å². The van der Waals surface area contributed by atoms with Crippen molar-refractivity contribution in [2.45, 2.75) is 0 Å². The predicted octanol–water partition coefficient (Wildman–Crippen LogP) is 1.91. The molecule has 0 atom stereocenters. The lowest BCUT2D eigenvalue weighted by Gasteiger charge is -2.29. The minimum atomic E-state index is -0.149. The Hall–Kier alpha value is -2.69. The number of nitrogens with two attached hydrogens (primary N) is 2. The second kappa shape index (κ2) is 4.20. The highest BCUT2D eigenvalue weighted by Crippen LogP contribution is 2.38. The zero-order chi connectivity index (χ0) is 13.4. The molecule has 0 fully saturated rings. The molecule has 1 aliphatic rings. The van der Waals surface area contributed by atoms with Gasteiger partial charge in [-0.2, -0.15) is 0 Å². The number of carbonyl (C=O) groups excluding carboxylic acids is 1. The van der Waals surface area contributed by atoms with Crippen molar-refractivity contribution < 1.29 is 9.53 Å². The topological polar surface area (TPSA) is 81.6 Å². The Balaban J connectivity index is 2.15. The number of hydrogen-bond acceptors (Lipinski definition) is 4. The highest BCUT2D eigenvalue weighted by atomic mass is 16.5. The minimum absolute atomic E-state index is 0.00567. The highest BCUT2D eigenvalue weighted by Gasteiger charge is 2.27. The lowest BCUT2D eigenvalue weighted by molar-refractivity contribution is -0.120. The summed E-state index contributed by atoms with van der Waals surface area (Å²) in [7, 11) is 0. The third kappa shape index (κ3) is 1.95. The first-order chi connectivity index (χ1) is 9.15. The molecule has 0 saturated carbocycles. The molecule has 0 aliphatic carbocycles. The van der Waals surface area contributed by atoms with Crippen LogP contribution in [0.25, 0.3) is 0 Å². The molecule has 1 aliphatic heterocycles. The van der Waals surface area contributed by atoms with E-state index in [0.29, 0.717) is 28.5 Å². The summed E-state index contributed by atoms with van der Waals surface area (Å²) in [5, 5.41) is 0. The Bertz CT molecular complexity index is 655. The first kappa shape index (κ1) is 11.4. The van der Waals surface area contributed by atoms with Crippen LogP contribution >= 0.6 is 0 Å². The molecule has 96 valence electrons. The van der Waals surface area contributed by atoms with E-state index < -0.39 is 0 Å². The van der Waals surface area contributed by atoms with E-state index in [1.54, 1.807) is 41.3 Å². The molecule has 3 rings (SSSR count). The Morgan fingerprint density at radius 1 is 1.05 bits per heavy atom. The highest BCUT2D eigenvalue weighted by molar-refractivity contribution is 6.04. The Kier molecular flexibility index (Phi) is 2.52. The molecule has 1 heterocycles. The molecule has 5 heteroatoms. The fraction of sp³-hybridized carbons (Fsp3) is 0.0714. The standard InChI is InChI=1S/C14H13N3O2/c15-9-2-1-3-11(6-9)17-12-7-10(16)4-5-13(12)19-8-14(17)18/h1-7H,8,15-16H2. The van der Waals surface area contributed by atoms with E-state index in [1.165, 1.54) is 0 Å². The van der Waals surface area contributed by atoms with Crippen molar-refractivity contribution in [3.05, 3.63) is 42.5 Å². The molecule has 5 nitrogen and oxygen atoms in total. The van der Waals surface area contributed by atoms with Crippen molar-refractivity contribution in [3.63, 3.8) is 0 Å². The average Bonchev–Trinajstić information content (AvgIpc) is 2.38. The van der Waals surface area contributed by atoms with E-state index in [9.17, 15) is 4.79 Å². The second-order valence-electron chi connectivity index (χ2n) is 4.34. The van der Waals surface area contributed by atoms with E-state index in [1.807, 2.05) is 6.07 Å². The van der Waals surface area contributed by atoms with Crippen LogP contribution in [0.5, 0.6) is 5.75 Å². The number of fused-ring (bicyclic) bond motifs is 1. The van der Waals surface area contributed by atoms with Crippen LogP contribution in [0, 0.1) is 0 Å². The number of benzene rings is 2.